The molecule has 1 amide bonds. The van der Waals surface area contributed by atoms with Crippen molar-refractivity contribution < 1.29 is 13.2 Å². The van der Waals surface area contributed by atoms with Gasteiger partial charge in [-0.1, -0.05) is 49.0 Å². The summed E-state index contributed by atoms with van der Waals surface area (Å²) >= 11 is 11.9. The molecule has 1 rings (SSSR count). The van der Waals surface area contributed by atoms with E-state index in [1.165, 1.54) is 0 Å². The summed E-state index contributed by atoms with van der Waals surface area (Å²) in [4.78, 5) is 12.1. The standard InChI is InChI=1S/C14H20Cl2N2O3S/c1-3-4-5-9-18(22(2,20)21)10-13(19)17-14-11(15)7-6-8-12(14)16/h6-8H,3-5,9-10H2,1-2H3,(H,17,19). The third-order valence-corrected chi connectivity index (χ3v) is 4.91. The molecule has 0 spiro atoms. The first kappa shape index (κ1) is 19.2. The van der Waals surface area contributed by atoms with Crippen molar-refractivity contribution in [3.05, 3.63) is 28.2 Å². The lowest BCUT2D eigenvalue weighted by Crippen LogP contribution is -2.38. The van der Waals surface area contributed by atoms with Gasteiger partial charge in [0.05, 0.1) is 28.5 Å². The summed E-state index contributed by atoms with van der Waals surface area (Å²) < 4.78 is 24.6. The zero-order valence-electron chi connectivity index (χ0n) is 12.6. The predicted molar refractivity (Wildman–Crippen MR) is 91.0 cm³/mol. The van der Waals surface area contributed by atoms with E-state index in [-0.39, 0.29) is 12.2 Å². The topological polar surface area (TPSA) is 66.5 Å². The first-order valence-electron chi connectivity index (χ1n) is 6.94. The van der Waals surface area contributed by atoms with Crippen LogP contribution in [0.5, 0.6) is 0 Å². The summed E-state index contributed by atoms with van der Waals surface area (Å²) in [6, 6.07) is 4.85. The maximum Gasteiger partial charge on any atom is 0.239 e. The van der Waals surface area contributed by atoms with Gasteiger partial charge in [-0.25, -0.2) is 8.42 Å². The Morgan fingerprint density at radius 2 is 1.82 bits per heavy atom. The molecule has 1 aromatic rings. The summed E-state index contributed by atoms with van der Waals surface area (Å²) in [6.45, 7) is 2.08. The number of carbonyl (C=O) groups is 1. The third-order valence-electron chi connectivity index (χ3n) is 3.03. The highest BCUT2D eigenvalue weighted by molar-refractivity contribution is 7.88. The monoisotopic (exact) mass is 366 g/mol. The molecule has 124 valence electrons. The first-order valence-corrected chi connectivity index (χ1v) is 9.55. The second-order valence-electron chi connectivity index (χ2n) is 4.95. The molecule has 0 saturated heterocycles. The number of amides is 1. The predicted octanol–water partition coefficient (Wildman–Crippen LogP) is 3.38. The zero-order valence-corrected chi connectivity index (χ0v) is 14.9. The lowest BCUT2D eigenvalue weighted by atomic mass is 10.2. The van der Waals surface area contributed by atoms with Crippen LogP contribution in [-0.2, 0) is 14.8 Å². The van der Waals surface area contributed by atoms with Crippen molar-refractivity contribution in [3.63, 3.8) is 0 Å². The number of hydrogen-bond acceptors (Lipinski definition) is 3. The van der Waals surface area contributed by atoms with Gasteiger partial charge >= 0.3 is 0 Å². The van der Waals surface area contributed by atoms with Gasteiger partial charge in [0.15, 0.2) is 0 Å². The molecule has 0 saturated carbocycles. The number of halogens is 2. The summed E-state index contributed by atoms with van der Waals surface area (Å²) in [5.74, 6) is -0.475. The lowest BCUT2D eigenvalue weighted by molar-refractivity contribution is -0.116. The second kappa shape index (κ2) is 8.72. The minimum Gasteiger partial charge on any atom is -0.322 e. The first-order chi connectivity index (χ1) is 10.3. The number of para-hydroxylation sites is 1. The lowest BCUT2D eigenvalue weighted by Gasteiger charge is -2.19. The van der Waals surface area contributed by atoms with Crippen molar-refractivity contribution in [2.45, 2.75) is 26.2 Å². The van der Waals surface area contributed by atoms with Gasteiger partial charge in [-0.15, -0.1) is 0 Å². The smallest absolute Gasteiger partial charge is 0.239 e. The Balaban J connectivity index is 2.75. The molecule has 0 aliphatic heterocycles. The fourth-order valence-corrected chi connectivity index (χ4v) is 3.16. The Morgan fingerprint density at radius 3 is 2.32 bits per heavy atom. The van der Waals surface area contributed by atoms with Crippen LogP contribution in [0.2, 0.25) is 10.0 Å². The van der Waals surface area contributed by atoms with Crippen LogP contribution in [0, 0.1) is 0 Å². The van der Waals surface area contributed by atoms with Crippen LogP contribution in [0.25, 0.3) is 0 Å². The molecule has 8 heteroatoms. The molecule has 0 bridgehead atoms. The normalized spacial score (nSPS) is 11.7. The van der Waals surface area contributed by atoms with Crippen LogP contribution in [0.4, 0.5) is 5.69 Å². The van der Waals surface area contributed by atoms with Crippen LogP contribution in [0.1, 0.15) is 26.2 Å². The third kappa shape index (κ3) is 6.12. The van der Waals surface area contributed by atoms with Crippen LogP contribution < -0.4 is 5.32 Å². The van der Waals surface area contributed by atoms with Gasteiger partial charge in [-0.2, -0.15) is 4.31 Å². The number of hydrogen-bond donors (Lipinski definition) is 1. The van der Waals surface area contributed by atoms with E-state index >= 15 is 0 Å². The average Bonchev–Trinajstić information content (AvgIpc) is 2.41. The Hall–Kier alpha value is -0.820. The van der Waals surface area contributed by atoms with Crippen LogP contribution in [0.15, 0.2) is 18.2 Å². The quantitative estimate of drug-likeness (QED) is 0.717. The van der Waals surface area contributed by atoms with Crippen LogP contribution in [0.3, 0.4) is 0 Å². The fourth-order valence-electron chi connectivity index (χ4n) is 1.86. The van der Waals surface area contributed by atoms with E-state index in [1.54, 1.807) is 18.2 Å². The van der Waals surface area contributed by atoms with Gasteiger partial charge < -0.3 is 5.32 Å². The van der Waals surface area contributed by atoms with E-state index in [0.717, 1.165) is 23.4 Å². The van der Waals surface area contributed by atoms with E-state index < -0.39 is 15.9 Å². The van der Waals surface area contributed by atoms with Crippen LogP contribution in [-0.4, -0.2) is 38.0 Å². The summed E-state index contributed by atoms with van der Waals surface area (Å²) in [7, 11) is -3.45. The number of benzene rings is 1. The maximum absolute atomic E-state index is 12.1. The number of rotatable bonds is 8. The number of unbranched alkanes of at least 4 members (excludes halogenated alkanes) is 2. The van der Waals surface area contributed by atoms with E-state index in [0.29, 0.717) is 23.0 Å². The number of anilines is 1. The highest BCUT2D eigenvalue weighted by Gasteiger charge is 2.20. The van der Waals surface area contributed by atoms with E-state index in [2.05, 4.69) is 5.32 Å². The molecule has 0 aliphatic carbocycles. The minimum absolute atomic E-state index is 0.260. The highest BCUT2D eigenvalue weighted by atomic mass is 35.5. The molecule has 0 fully saturated rings. The van der Waals surface area contributed by atoms with Crippen molar-refractivity contribution in [2.24, 2.45) is 0 Å². The zero-order chi connectivity index (χ0) is 16.8. The molecule has 0 aliphatic rings. The molecular formula is C14H20Cl2N2O3S. The molecule has 0 heterocycles. The molecule has 22 heavy (non-hydrogen) atoms. The molecule has 1 aromatic carbocycles. The fraction of sp³-hybridized carbons (Fsp3) is 0.500. The minimum atomic E-state index is -3.45. The van der Waals surface area contributed by atoms with Crippen molar-refractivity contribution >= 4 is 44.8 Å². The molecule has 0 aromatic heterocycles. The summed E-state index contributed by atoms with van der Waals surface area (Å²) in [5.41, 5.74) is 0.290. The number of carbonyl (C=O) groups excluding carboxylic acids is 1. The van der Waals surface area contributed by atoms with E-state index in [4.69, 9.17) is 23.2 Å². The van der Waals surface area contributed by atoms with Crippen molar-refractivity contribution in [1.82, 2.24) is 4.31 Å². The Labute approximate surface area is 141 Å². The largest absolute Gasteiger partial charge is 0.322 e. The summed E-state index contributed by atoms with van der Waals surface area (Å²) in [5, 5.41) is 3.17. The number of sulfonamides is 1. The second-order valence-corrected chi connectivity index (χ2v) is 7.75. The van der Waals surface area contributed by atoms with Gasteiger partial charge in [-0.3, -0.25) is 4.79 Å². The highest BCUT2D eigenvalue weighted by Crippen LogP contribution is 2.29. The SMILES string of the molecule is CCCCCN(CC(=O)Nc1c(Cl)cccc1Cl)S(C)(=O)=O. The molecule has 5 nitrogen and oxygen atoms in total. The van der Waals surface area contributed by atoms with E-state index in [9.17, 15) is 13.2 Å². The van der Waals surface area contributed by atoms with Gasteiger partial charge in [0, 0.05) is 6.54 Å². The van der Waals surface area contributed by atoms with Gasteiger partial charge in [0.25, 0.3) is 0 Å². The van der Waals surface area contributed by atoms with Crippen molar-refractivity contribution in [1.29, 1.82) is 0 Å². The Morgan fingerprint density at radius 1 is 1.23 bits per heavy atom. The number of nitrogens with zero attached hydrogens (tertiary/aromatic N) is 1. The average molecular weight is 367 g/mol. The van der Waals surface area contributed by atoms with Crippen molar-refractivity contribution in [3.8, 4) is 0 Å². The van der Waals surface area contributed by atoms with E-state index in [1.807, 2.05) is 6.92 Å². The molecule has 0 radical (unpaired) electrons. The Bertz CT molecular complexity index is 600. The maximum atomic E-state index is 12.1. The molecule has 0 atom stereocenters. The van der Waals surface area contributed by atoms with Crippen molar-refractivity contribution in [2.75, 3.05) is 24.7 Å². The Kier molecular flexibility index (Phi) is 7.62. The summed E-state index contributed by atoms with van der Waals surface area (Å²) in [6.07, 6.45) is 3.68. The molecule has 1 N–H and O–H groups in total. The molecular weight excluding hydrogens is 347 g/mol. The molecule has 0 unspecified atom stereocenters. The van der Waals surface area contributed by atoms with Crippen LogP contribution >= 0.6 is 23.2 Å². The van der Waals surface area contributed by atoms with Gasteiger partial charge in [-0.05, 0) is 18.6 Å². The van der Waals surface area contributed by atoms with Gasteiger partial charge in [0.1, 0.15) is 0 Å². The number of nitrogens with one attached hydrogen (secondary N) is 1. The van der Waals surface area contributed by atoms with Gasteiger partial charge in [0.2, 0.25) is 15.9 Å².